The summed E-state index contributed by atoms with van der Waals surface area (Å²) in [4.78, 5) is 0. The van der Waals surface area contributed by atoms with Crippen LogP contribution in [-0.2, 0) is 13.2 Å². The van der Waals surface area contributed by atoms with Gasteiger partial charge in [0.15, 0.2) is 0 Å². The number of rotatable bonds is 7. The molecule has 0 aromatic heterocycles. The second-order valence-corrected chi connectivity index (χ2v) is 5.83. The Labute approximate surface area is 128 Å². The zero-order valence-corrected chi connectivity index (χ0v) is 13.2. The van der Waals surface area contributed by atoms with Crippen molar-refractivity contribution in [1.82, 2.24) is 5.32 Å². The summed E-state index contributed by atoms with van der Waals surface area (Å²) in [5.74, 6) is 1.57. The molecule has 0 radical (unpaired) electrons. The summed E-state index contributed by atoms with van der Waals surface area (Å²) in [6.07, 6.45) is 0. The summed E-state index contributed by atoms with van der Waals surface area (Å²) in [5.41, 5.74) is 2.48. The maximum absolute atomic E-state index is 5.79. The van der Waals surface area contributed by atoms with Crippen molar-refractivity contribution in [3.63, 3.8) is 0 Å². The van der Waals surface area contributed by atoms with Crippen LogP contribution in [-0.4, -0.2) is 6.04 Å². The molecule has 112 valence electrons. The largest absolute Gasteiger partial charge is 0.489 e. The predicted octanol–water partition coefficient (Wildman–Crippen LogP) is 4.40. The maximum atomic E-state index is 5.79. The number of hydrogen-bond donors (Lipinski definition) is 1. The molecule has 2 aromatic carbocycles. The monoisotopic (exact) mass is 283 g/mol. The van der Waals surface area contributed by atoms with Crippen LogP contribution in [0.3, 0.4) is 0 Å². The first kappa shape index (κ1) is 15.6. The summed E-state index contributed by atoms with van der Waals surface area (Å²) >= 11 is 0. The van der Waals surface area contributed by atoms with Crippen LogP contribution in [0.4, 0.5) is 0 Å². The lowest BCUT2D eigenvalue weighted by atomic mass is 10.1. The van der Waals surface area contributed by atoms with E-state index in [2.05, 4.69) is 50.4 Å². The Morgan fingerprint density at radius 1 is 0.857 bits per heavy atom. The van der Waals surface area contributed by atoms with Crippen molar-refractivity contribution in [2.75, 3.05) is 0 Å². The SMILES string of the molecule is CC(C)C(C)NCc1ccc(OCc2ccccc2)cc1. The Hall–Kier alpha value is -1.80. The van der Waals surface area contributed by atoms with Gasteiger partial charge in [0, 0.05) is 12.6 Å². The molecular weight excluding hydrogens is 258 g/mol. The van der Waals surface area contributed by atoms with Crippen LogP contribution < -0.4 is 10.1 Å². The molecular formula is C19H25NO. The molecule has 0 aliphatic heterocycles. The Morgan fingerprint density at radius 3 is 2.14 bits per heavy atom. The van der Waals surface area contributed by atoms with Crippen LogP contribution in [0.2, 0.25) is 0 Å². The van der Waals surface area contributed by atoms with Crippen LogP contribution in [0.15, 0.2) is 54.6 Å². The van der Waals surface area contributed by atoms with Crippen LogP contribution >= 0.6 is 0 Å². The molecule has 0 heterocycles. The first-order chi connectivity index (χ1) is 10.1. The van der Waals surface area contributed by atoms with E-state index in [1.165, 1.54) is 11.1 Å². The van der Waals surface area contributed by atoms with E-state index in [1.807, 2.05) is 30.3 Å². The molecule has 2 nitrogen and oxygen atoms in total. The number of nitrogens with one attached hydrogen (secondary N) is 1. The lowest BCUT2D eigenvalue weighted by molar-refractivity contribution is 0.306. The zero-order valence-electron chi connectivity index (χ0n) is 13.2. The summed E-state index contributed by atoms with van der Waals surface area (Å²) in [6, 6.07) is 19.1. The third-order valence-electron chi connectivity index (χ3n) is 3.80. The van der Waals surface area contributed by atoms with Gasteiger partial charge in [0.25, 0.3) is 0 Å². The van der Waals surface area contributed by atoms with E-state index < -0.39 is 0 Å². The van der Waals surface area contributed by atoms with Crippen molar-refractivity contribution in [3.8, 4) is 5.75 Å². The number of ether oxygens (including phenoxy) is 1. The van der Waals surface area contributed by atoms with Crippen molar-refractivity contribution >= 4 is 0 Å². The minimum atomic E-state index is 0.527. The van der Waals surface area contributed by atoms with E-state index in [-0.39, 0.29) is 0 Å². The van der Waals surface area contributed by atoms with Crippen LogP contribution in [0.25, 0.3) is 0 Å². The van der Waals surface area contributed by atoms with Gasteiger partial charge in [-0.25, -0.2) is 0 Å². The van der Waals surface area contributed by atoms with Crippen LogP contribution in [0, 0.1) is 5.92 Å². The summed E-state index contributed by atoms with van der Waals surface area (Å²) in [5, 5.41) is 3.53. The van der Waals surface area contributed by atoms with Gasteiger partial charge in [0.1, 0.15) is 12.4 Å². The molecule has 2 aromatic rings. The smallest absolute Gasteiger partial charge is 0.119 e. The molecule has 0 bridgehead atoms. The zero-order chi connectivity index (χ0) is 15.1. The van der Waals surface area contributed by atoms with Gasteiger partial charge in [0.05, 0.1) is 0 Å². The molecule has 1 N–H and O–H groups in total. The van der Waals surface area contributed by atoms with Gasteiger partial charge in [-0.15, -0.1) is 0 Å². The highest BCUT2D eigenvalue weighted by Gasteiger charge is 2.05. The molecule has 2 heteroatoms. The predicted molar refractivity (Wildman–Crippen MR) is 88.4 cm³/mol. The van der Waals surface area contributed by atoms with Gasteiger partial charge in [-0.3, -0.25) is 0 Å². The molecule has 0 aliphatic rings. The average molecular weight is 283 g/mol. The molecule has 1 atom stereocenters. The normalized spacial score (nSPS) is 12.4. The van der Waals surface area contributed by atoms with Crippen LogP contribution in [0.5, 0.6) is 5.75 Å². The van der Waals surface area contributed by atoms with Crippen molar-refractivity contribution in [3.05, 3.63) is 65.7 Å². The van der Waals surface area contributed by atoms with E-state index in [4.69, 9.17) is 4.74 Å². The number of benzene rings is 2. The van der Waals surface area contributed by atoms with Gasteiger partial charge < -0.3 is 10.1 Å². The first-order valence-electron chi connectivity index (χ1n) is 7.64. The second kappa shape index (κ2) is 7.84. The summed E-state index contributed by atoms with van der Waals surface area (Å²) < 4.78 is 5.79. The third-order valence-corrected chi connectivity index (χ3v) is 3.80. The molecule has 0 aliphatic carbocycles. The number of hydrogen-bond acceptors (Lipinski definition) is 2. The maximum Gasteiger partial charge on any atom is 0.119 e. The molecule has 0 saturated heterocycles. The van der Waals surface area contributed by atoms with Gasteiger partial charge in [-0.05, 0) is 36.1 Å². The first-order valence-corrected chi connectivity index (χ1v) is 7.64. The molecule has 0 saturated carbocycles. The van der Waals surface area contributed by atoms with E-state index in [9.17, 15) is 0 Å². The average Bonchev–Trinajstić information content (AvgIpc) is 2.52. The van der Waals surface area contributed by atoms with Crippen LogP contribution in [0.1, 0.15) is 31.9 Å². The van der Waals surface area contributed by atoms with E-state index in [0.29, 0.717) is 18.6 Å². The lowest BCUT2D eigenvalue weighted by Crippen LogP contribution is -2.30. The fourth-order valence-electron chi connectivity index (χ4n) is 1.96. The highest BCUT2D eigenvalue weighted by atomic mass is 16.5. The Morgan fingerprint density at radius 2 is 1.52 bits per heavy atom. The molecule has 0 spiro atoms. The van der Waals surface area contributed by atoms with Crippen molar-refractivity contribution in [2.45, 2.75) is 40.0 Å². The van der Waals surface area contributed by atoms with E-state index >= 15 is 0 Å². The van der Waals surface area contributed by atoms with E-state index in [0.717, 1.165) is 12.3 Å². The van der Waals surface area contributed by atoms with Gasteiger partial charge in [-0.2, -0.15) is 0 Å². The highest BCUT2D eigenvalue weighted by molar-refractivity contribution is 5.27. The standard InChI is InChI=1S/C19H25NO/c1-15(2)16(3)20-13-17-9-11-19(12-10-17)21-14-18-7-5-4-6-8-18/h4-12,15-16,20H,13-14H2,1-3H3. The molecule has 0 amide bonds. The topological polar surface area (TPSA) is 21.3 Å². The van der Waals surface area contributed by atoms with Gasteiger partial charge >= 0.3 is 0 Å². The van der Waals surface area contributed by atoms with Crippen molar-refractivity contribution in [1.29, 1.82) is 0 Å². The molecule has 1 unspecified atom stereocenters. The van der Waals surface area contributed by atoms with Gasteiger partial charge in [0.2, 0.25) is 0 Å². The fourth-order valence-corrected chi connectivity index (χ4v) is 1.96. The second-order valence-electron chi connectivity index (χ2n) is 5.83. The molecule has 2 rings (SSSR count). The Bertz CT molecular complexity index is 519. The fraction of sp³-hybridized carbons (Fsp3) is 0.368. The van der Waals surface area contributed by atoms with E-state index in [1.54, 1.807) is 0 Å². The minimum Gasteiger partial charge on any atom is -0.489 e. The summed E-state index contributed by atoms with van der Waals surface area (Å²) in [7, 11) is 0. The Kier molecular flexibility index (Phi) is 5.82. The third kappa shape index (κ3) is 5.24. The highest BCUT2D eigenvalue weighted by Crippen LogP contribution is 2.14. The van der Waals surface area contributed by atoms with Crippen molar-refractivity contribution < 1.29 is 4.74 Å². The summed E-state index contributed by atoms with van der Waals surface area (Å²) in [6.45, 7) is 8.21. The van der Waals surface area contributed by atoms with Gasteiger partial charge in [-0.1, -0.05) is 56.3 Å². The lowest BCUT2D eigenvalue weighted by Gasteiger charge is -2.17. The Balaban J connectivity index is 1.82. The molecule has 0 fully saturated rings. The van der Waals surface area contributed by atoms with Crippen molar-refractivity contribution in [2.24, 2.45) is 5.92 Å². The molecule has 21 heavy (non-hydrogen) atoms. The minimum absolute atomic E-state index is 0.527. The quantitative estimate of drug-likeness (QED) is 0.813.